The Morgan fingerprint density at radius 2 is 1.92 bits per heavy atom. The third kappa shape index (κ3) is 3.79. The molecule has 0 radical (unpaired) electrons. The first-order chi connectivity index (χ1) is 12.7. The predicted octanol–water partition coefficient (Wildman–Crippen LogP) is 2.95. The quantitative estimate of drug-likeness (QED) is 0.549. The fourth-order valence-corrected chi connectivity index (χ4v) is 2.41. The van der Waals surface area contributed by atoms with Crippen molar-refractivity contribution in [3.8, 4) is 17.6 Å². The van der Waals surface area contributed by atoms with Gasteiger partial charge in [-0.1, -0.05) is 42.5 Å². The van der Waals surface area contributed by atoms with Crippen LogP contribution in [0.4, 0.5) is 0 Å². The molecule has 0 bridgehead atoms. The van der Waals surface area contributed by atoms with Crippen molar-refractivity contribution < 1.29 is 14.6 Å². The minimum Gasteiger partial charge on any atom is -0.507 e. The lowest BCUT2D eigenvalue weighted by molar-refractivity contribution is -0.123. The normalized spacial score (nSPS) is 10.6. The number of nitrogens with zero attached hydrogens (tertiary/aromatic N) is 2. The Balaban J connectivity index is 1.61. The van der Waals surface area contributed by atoms with E-state index in [-0.39, 0.29) is 12.4 Å². The topological polar surface area (TPSA) is 94.7 Å². The Morgan fingerprint density at radius 1 is 1.15 bits per heavy atom. The van der Waals surface area contributed by atoms with Gasteiger partial charge in [-0.15, -0.1) is 0 Å². The van der Waals surface area contributed by atoms with E-state index in [1.807, 2.05) is 30.3 Å². The lowest BCUT2D eigenvalue weighted by Gasteiger charge is -2.06. The van der Waals surface area contributed by atoms with Crippen molar-refractivity contribution in [2.75, 3.05) is 6.61 Å². The van der Waals surface area contributed by atoms with Gasteiger partial charge in [0.05, 0.1) is 11.8 Å². The van der Waals surface area contributed by atoms with Crippen molar-refractivity contribution in [2.24, 2.45) is 5.10 Å². The summed E-state index contributed by atoms with van der Waals surface area (Å²) in [6.45, 7) is -0.278. The first kappa shape index (κ1) is 17.0. The Hall–Kier alpha value is -3.85. The molecule has 1 amide bonds. The van der Waals surface area contributed by atoms with Crippen LogP contribution in [0.3, 0.4) is 0 Å². The number of carbonyl (C=O) groups excluding carboxylic acids is 1. The molecule has 0 aliphatic carbocycles. The first-order valence-corrected chi connectivity index (χ1v) is 7.83. The molecule has 0 unspecified atom stereocenters. The second-order valence-corrected chi connectivity index (χ2v) is 5.41. The number of phenols is 1. The SMILES string of the molecule is N#Cc1ccccc1OCC(=O)N/N=C\c1ccc2ccccc2c1O. The standard InChI is InChI=1S/C20H15N3O3/c21-11-15-6-2-4-8-18(15)26-13-19(24)23-22-12-16-10-9-14-5-1-3-7-17(14)20(16)25/h1-10,12,25H,13H2,(H,23,24)/b22-12-. The molecule has 0 saturated heterocycles. The van der Waals surface area contributed by atoms with Gasteiger partial charge < -0.3 is 9.84 Å². The predicted molar refractivity (Wildman–Crippen MR) is 98.0 cm³/mol. The number of nitrogens with one attached hydrogen (secondary N) is 1. The van der Waals surface area contributed by atoms with Gasteiger partial charge >= 0.3 is 0 Å². The number of nitriles is 1. The molecule has 0 aliphatic heterocycles. The summed E-state index contributed by atoms with van der Waals surface area (Å²) >= 11 is 0. The zero-order chi connectivity index (χ0) is 18.4. The van der Waals surface area contributed by atoms with Gasteiger partial charge in [0, 0.05) is 10.9 Å². The summed E-state index contributed by atoms with van der Waals surface area (Å²) in [5, 5.41) is 24.7. The number of para-hydroxylation sites is 1. The van der Waals surface area contributed by atoms with E-state index in [0.717, 1.165) is 5.39 Å². The molecule has 6 nitrogen and oxygen atoms in total. The largest absolute Gasteiger partial charge is 0.507 e. The van der Waals surface area contributed by atoms with E-state index < -0.39 is 5.91 Å². The Labute approximate surface area is 150 Å². The summed E-state index contributed by atoms with van der Waals surface area (Å²) in [7, 11) is 0. The monoisotopic (exact) mass is 345 g/mol. The highest BCUT2D eigenvalue weighted by Gasteiger charge is 2.06. The molecule has 0 heterocycles. The smallest absolute Gasteiger partial charge is 0.277 e. The van der Waals surface area contributed by atoms with Crippen LogP contribution in [0.5, 0.6) is 11.5 Å². The number of hydrogen-bond acceptors (Lipinski definition) is 5. The third-order valence-electron chi connectivity index (χ3n) is 3.69. The molecular weight excluding hydrogens is 330 g/mol. The van der Waals surface area contributed by atoms with Gasteiger partial charge in [-0.25, -0.2) is 5.43 Å². The molecule has 128 valence electrons. The van der Waals surface area contributed by atoms with E-state index in [1.54, 1.807) is 36.4 Å². The maximum absolute atomic E-state index is 11.8. The number of ether oxygens (including phenoxy) is 1. The second kappa shape index (κ2) is 7.81. The van der Waals surface area contributed by atoms with Gasteiger partial charge in [-0.2, -0.15) is 10.4 Å². The average molecular weight is 345 g/mol. The van der Waals surface area contributed by atoms with Crippen molar-refractivity contribution in [1.82, 2.24) is 5.43 Å². The van der Waals surface area contributed by atoms with Crippen molar-refractivity contribution in [3.63, 3.8) is 0 Å². The van der Waals surface area contributed by atoms with Crippen molar-refractivity contribution >= 4 is 22.9 Å². The van der Waals surface area contributed by atoms with E-state index in [4.69, 9.17) is 10.00 Å². The highest BCUT2D eigenvalue weighted by atomic mass is 16.5. The number of aromatic hydroxyl groups is 1. The van der Waals surface area contributed by atoms with E-state index in [1.165, 1.54) is 6.21 Å². The van der Waals surface area contributed by atoms with Gasteiger partial charge in [0.2, 0.25) is 0 Å². The number of benzene rings is 3. The van der Waals surface area contributed by atoms with Crippen molar-refractivity contribution in [2.45, 2.75) is 0 Å². The zero-order valence-corrected chi connectivity index (χ0v) is 13.7. The Kier molecular flexibility index (Phi) is 5.11. The number of carbonyl (C=O) groups is 1. The zero-order valence-electron chi connectivity index (χ0n) is 13.7. The lowest BCUT2D eigenvalue weighted by atomic mass is 10.1. The van der Waals surface area contributed by atoms with Crippen LogP contribution >= 0.6 is 0 Å². The summed E-state index contributed by atoms with van der Waals surface area (Å²) in [5.74, 6) is -0.0455. The fraction of sp³-hybridized carbons (Fsp3) is 0.0500. The van der Waals surface area contributed by atoms with Gasteiger partial charge in [0.15, 0.2) is 6.61 Å². The Bertz CT molecular complexity index is 1020. The lowest BCUT2D eigenvalue weighted by Crippen LogP contribution is -2.24. The van der Waals surface area contributed by atoms with Gasteiger partial charge in [0.1, 0.15) is 17.6 Å². The molecule has 0 aromatic heterocycles. The number of amides is 1. The number of rotatable bonds is 5. The van der Waals surface area contributed by atoms with Crippen molar-refractivity contribution in [1.29, 1.82) is 5.26 Å². The second-order valence-electron chi connectivity index (χ2n) is 5.41. The molecule has 0 fully saturated rings. The highest BCUT2D eigenvalue weighted by molar-refractivity contribution is 5.97. The van der Waals surface area contributed by atoms with Gasteiger partial charge in [-0.05, 0) is 23.6 Å². The molecule has 0 spiro atoms. The average Bonchev–Trinajstić information content (AvgIpc) is 2.68. The number of hydrogen-bond donors (Lipinski definition) is 2. The molecule has 3 rings (SSSR count). The van der Waals surface area contributed by atoms with Gasteiger partial charge in [-0.3, -0.25) is 4.79 Å². The summed E-state index contributed by atoms with van der Waals surface area (Å²) in [5.41, 5.74) is 3.16. The summed E-state index contributed by atoms with van der Waals surface area (Å²) < 4.78 is 5.32. The molecule has 0 atom stereocenters. The molecule has 2 N–H and O–H groups in total. The molecule has 26 heavy (non-hydrogen) atoms. The number of phenolic OH excluding ortho intramolecular Hbond substituents is 1. The maximum atomic E-state index is 11.8. The van der Waals surface area contributed by atoms with E-state index in [9.17, 15) is 9.90 Å². The molecule has 3 aromatic carbocycles. The van der Waals surface area contributed by atoms with Gasteiger partial charge in [0.25, 0.3) is 5.91 Å². The minimum absolute atomic E-state index is 0.0975. The third-order valence-corrected chi connectivity index (χ3v) is 3.69. The number of fused-ring (bicyclic) bond motifs is 1. The fourth-order valence-electron chi connectivity index (χ4n) is 2.41. The first-order valence-electron chi connectivity index (χ1n) is 7.83. The van der Waals surface area contributed by atoms with Crippen LogP contribution in [0.2, 0.25) is 0 Å². The van der Waals surface area contributed by atoms with Crippen LogP contribution in [0.15, 0.2) is 65.8 Å². The van der Waals surface area contributed by atoms with Crippen LogP contribution in [-0.4, -0.2) is 23.8 Å². The molecule has 0 aliphatic rings. The summed E-state index contributed by atoms with van der Waals surface area (Å²) in [6, 6.07) is 19.6. The van der Waals surface area contributed by atoms with E-state index in [2.05, 4.69) is 10.5 Å². The van der Waals surface area contributed by atoms with Crippen LogP contribution in [0.1, 0.15) is 11.1 Å². The van der Waals surface area contributed by atoms with Crippen LogP contribution in [-0.2, 0) is 4.79 Å². The van der Waals surface area contributed by atoms with Crippen LogP contribution in [0.25, 0.3) is 10.8 Å². The van der Waals surface area contributed by atoms with Crippen LogP contribution < -0.4 is 10.2 Å². The minimum atomic E-state index is -0.478. The summed E-state index contributed by atoms with van der Waals surface area (Å²) in [4.78, 5) is 11.8. The van der Waals surface area contributed by atoms with Crippen LogP contribution in [0, 0.1) is 11.3 Å². The highest BCUT2D eigenvalue weighted by Crippen LogP contribution is 2.27. The van der Waals surface area contributed by atoms with Crippen molar-refractivity contribution in [3.05, 3.63) is 71.8 Å². The molecular formula is C20H15N3O3. The van der Waals surface area contributed by atoms with E-state index >= 15 is 0 Å². The number of hydrazone groups is 1. The maximum Gasteiger partial charge on any atom is 0.277 e. The molecule has 3 aromatic rings. The summed E-state index contributed by atoms with van der Waals surface area (Å²) in [6.07, 6.45) is 1.36. The van der Waals surface area contributed by atoms with E-state index in [0.29, 0.717) is 22.3 Å². The molecule has 0 saturated carbocycles. The Morgan fingerprint density at radius 3 is 2.77 bits per heavy atom. The molecule has 6 heteroatoms.